The fourth-order valence-corrected chi connectivity index (χ4v) is 4.32. The van der Waals surface area contributed by atoms with E-state index in [2.05, 4.69) is 46.4 Å². The number of nitrogens with zero attached hydrogens (tertiary/aromatic N) is 2. The van der Waals surface area contributed by atoms with Gasteiger partial charge in [0.2, 0.25) is 12.7 Å². The van der Waals surface area contributed by atoms with Crippen LogP contribution in [0, 0.1) is 12.8 Å². The van der Waals surface area contributed by atoms with Gasteiger partial charge in [-0.05, 0) is 55.7 Å². The highest BCUT2D eigenvalue weighted by atomic mass is 16.7. The van der Waals surface area contributed by atoms with Crippen molar-refractivity contribution < 1.29 is 14.3 Å². The maximum atomic E-state index is 12.9. The first kappa shape index (κ1) is 18.7. The second-order valence-corrected chi connectivity index (χ2v) is 8.04. The number of hydrogen-bond donors (Lipinski definition) is 1. The lowest BCUT2D eigenvalue weighted by Crippen LogP contribution is -2.43. The normalized spacial score (nSPS) is 17.9. The fraction of sp³-hybridized carbons (Fsp3) is 0.333. The molecule has 6 heteroatoms. The minimum atomic E-state index is -0.0271. The zero-order chi connectivity index (χ0) is 20.5. The van der Waals surface area contributed by atoms with Gasteiger partial charge in [-0.3, -0.25) is 9.78 Å². The Morgan fingerprint density at radius 3 is 3.00 bits per heavy atom. The summed E-state index contributed by atoms with van der Waals surface area (Å²) in [5, 5.41) is 4.26. The lowest BCUT2D eigenvalue weighted by Gasteiger charge is -2.34. The third-order valence-electron chi connectivity index (χ3n) is 5.91. The van der Waals surface area contributed by atoms with E-state index in [1.54, 1.807) is 0 Å². The third-order valence-corrected chi connectivity index (χ3v) is 5.91. The number of fused-ring (bicyclic) bond motifs is 2. The van der Waals surface area contributed by atoms with Gasteiger partial charge in [0.1, 0.15) is 0 Å². The van der Waals surface area contributed by atoms with Gasteiger partial charge < -0.3 is 19.7 Å². The van der Waals surface area contributed by atoms with Crippen molar-refractivity contribution in [3.8, 4) is 11.5 Å². The average Bonchev–Trinajstić information content (AvgIpc) is 3.25. The molecule has 2 aromatic carbocycles. The Morgan fingerprint density at radius 2 is 2.07 bits per heavy atom. The van der Waals surface area contributed by atoms with E-state index in [4.69, 9.17) is 9.47 Å². The van der Waals surface area contributed by atoms with Crippen LogP contribution in [0.2, 0.25) is 0 Å². The SMILES string of the molecule is Cc1ccc2nccc(N3CCCC(C(=O)NCc4ccc5c(c4)OCO5)C3)c2c1. The van der Waals surface area contributed by atoms with Gasteiger partial charge in [-0.2, -0.15) is 0 Å². The highest BCUT2D eigenvalue weighted by Crippen LogP contribution is 2.33. The largest absolute Gasteiger partial charge is 0.454 e. The molecular weight excluding hydrogens is 378 g/mol. The van der Waals surface area contributed by atoms with Crippen LogP contribution in [-0.4, -0.2) is 30.8 Å². The van der Waals surface area contributed by atoms with Crippen molar-refractivity contribution in [2.24, 2.45) is 5.92 Å². The summed E-state index contributed by atoms with van der Waals surface area (Å²) in [4.78, 5) is 19.7. The van der Waals surface area contributed by atoms with Gasteiger partial charge in [-0.1, -0.05) is 17.7 Å². The molecule has 1 aromatic heterocycles. The summed E-state index contributed by atoms with van der Waals surface area (Å²) in [5.74, 6) is 1.57. The molecule has 1 atom stereocenters. The van der Waals surface area contributed by atoms with Crippen molar-refractivity contribution in [2.75, 3.05) is 24.8 Å². The molecule has 154 valence electrons. The van der Waals surface area contributed by atoms with Crippen molar-refractivity contribution in [3.05, 3.63) is 59.8 Å². The Morgan fingerprint density at radius 1 is 1.17 bits per heavy atom. The molecule has 0 radical (unpaired) electrons. The van der Waals surface area contributed by atoms with Gasteiger partial charge in [0.25, 0.3) is 0 Å². The van der Waals surface area contributed by atoms with Crippen LogP contribution in [0.3, 0.4) is 0 Å². The maximum Gasteiger partial charge on any atom is 0.231 e. The van der Waals surface area contributed by atoms with Gasteiger partial charge in [0, 0.05) is 36.9 Å². The number of ether oxygens (including phenoxy) is 2. The number of carbonyl (C=O) groups is 1. The van der Waals surface area contributed by atoms with E-state index >= 15 is 0 Å². The van der Waals surface area contributed by atoms with E-state index < -0.39 is 0 Å². The third kappa shape index (κ3) is 3.65. The Bertz CT molecular complexity index is 1100. The number of piperidine rings is 1. The standard InChI is InChI=1S/C24H25N3O3/c1-16-4-6-20-19(11-16)21(8-9-25-20)27-10-2-3-18(14-27)24(28)26-13-17-5-7-22-23(12-17)30-15-29-22/h4-9,11-12,18H,2-3,10,13-15H2,1H3,(H,26,28). The van der Waals surface area contributed by atoms with Crippen LogP contribution in [0.4, 0.5) is 5.69 Å². The fourth-order valence-electron chi connectivity index (χ4n) is 4.32. The number of aryl methyl sites for hydroxylation is 1. The highest BCUT2D eigenvalue weighted by Gasteiger charge is 2.27. The molecule has 6 nitrogen and oxygen atoms in total. The molecule has 1 N–H and O–H groups in total. The molecule has 5 rings (SSSR count). The smallest absolute Gasteiger partial charge is 0.231 e. The summed E-state index contributed by atoms with van der Waals surface area (Å²) in [5.41, 5.74) is 4.38. The minimum Gasteiger partial charge on any atom is -0.454 e. The number of benzene rings is 2. The second kappa shape index (κ2) is 7.86. The Balaban J connectivity index is 1.27. The summed E-state index contributed by atoms with van der Waals surface area (Å²) in [6.45, 7) is 4.52. The Kier molecular flexibility index (Phi) is 4.91. The number of amides is 1. The number of aromatic nitrogens is 1. The first-order valence-corrected chi connectivity index (χ1v) is 10.4. The summed E-state index contributed by atoms with van der Waals surface area (Å²) in [7, 11) is 0. The Hall–Kier alpha value is -3.28. The van der Waals surface area contributed by atoms with Crippen molar-refractivity contribution in [1.29, 1.82) is 0 Å². The summed E-state index contributed by atoms with van der Waals surface area (Å²) >= 11 is 0. The van der Waals surface area contributed by atoms with Crippen LogP contribution in [0.1, 0.15) is 24.0 Å². The molecule has 2 aliphatic rings. The predicted molar refractivity (Wildman–Crippen MR) is 116 cm³/mol. The molecular formula is C24H25N3O3. The number of anilines is 1. The quantitative estimate of drug-likeness (QED) is 0.718. The molecule has 0 spiro atoms. The monoisotopic (exact) mass is 403 g/mol. The molecule has 1 fully saturated rings. The van der Waals surface area contributed by atoms with Gasteiger partial charge in [-0.15, -0.1) is 0 Å². The minimum absolute atomic E-state index is 0.0271. The predicted octanol–water partition coefficient (Wildman–Crippen LogP) is 3.80. The lowest BCUT2D eigenvalue weighted by molar-refractivity contribution is -0.125. The van der Waals surface area contributed by atoms with E-state index in [1.165, 1.54) is 5.56 Å². The summed E-state index contributed by atoms with van der Waals surface area (Å²) < 4.78 is 10.8. The lowest BCUT2D eigenvalue weighted by atomic mass is 9.96. The van der Waals surface area contributed by atoms with Gasteiger partial charge in [0.15, 0.2) is 11.5 Å². The van der Waals surface area contributed by atoms with Crippen LogP contribution < -0.4 is 19.7 Å². The molecule has 1 amide bonds. The van der Waals surface area contributed by atoms with Crippen molar-refractivity contribution in [1.82, 2.24) is 10.3 Å². The average molecular weight is 403 g/mol. The molecule has 1 saturated heterocycles. The zero-order valence-electron chi connectivity index (χ0n) is 17.1. The van der Waals surface area contributed by atoms with Crippen LogP contribution >= 0.6 is 0 Å². The highest BCUT2D eigenvalue weighted by molar-refractivity contribution is 5.92. The Labute approximate surface area is 175 Å². The number of hydrogen-bond acceptors (Lipinski definition) is 5. The summed E-state index contributed by atoms with van der Waals surface area (Å²) in [6, 6.07) is 14.2. The molecule has 0 aliphatic carbocycles. The van der Waals surface area contributed by atoms with E-state index in [0.717, 1.165) is 59.6 Å². The maximum absolute atomic E-state index is 12.9. The first-order chi connectivity index (χ1) is 14.7. The van der Waals surface area contributed by atoms with Crippen molar-refractivity contribution >= 4 is 22.5 Å². The topological polar surface area (TPSA) is 63.7 Å². The first-order valence-electron chi connectivity index (χ1n) is 10.4. The molecule has 0 bridgehead atoms. The van der Waals surface area contributed by atoms with E-state index in [9.17, 15) is 4.79 Å². The second-order valence-electron chi connectivity index (χ2n) is 8.04. The number of nitrogens with one attached hydrogen (secondary N) is 1. The molecule has 3 heterocycles. The number of carbonyl (C=O) groups excluding carboxylic acids is 1. The molecule has 2 aliphatic heterocycles. The van der Waals surface area contributed by atoms with Crippen LogP contribution in [0.5, 0.6) is 11.5 Å². The van der Waals surface area contributed by atoms with Gasteiger partial charge >= 0.3 is 0 Å². The molecule has 1 unspecified atom stereocenters. The van der Waals surface area contributed by atoms with Gasteiger partial charge in [0.05, 0.1) is 11.4 Å². The summed E-state index contributed by atoms with van der Waals surface area (Å²) in [6.07, 6.45) is 3.76. The van der Waals surface area contributed by atoms with Crippen molar-refractivity contribution in [2.45, 2.75) is 26.3 Å². The molecule has 0 saturated carbocycles. The zero-order valence-corrected chi connectivity index (χ0v) is 17.1. The van der Waals surface area contributed by atoms with E-state index in [-0.39, 0.29) is 18.6 Å². The molecule has 30 heavy (non-hydrogen) atoms. The molecule has 3 aromatic rings. The van der Waals surface area contributed by atoms with Crippen LogP contribution in [0.15, 0.2) is 48.7 Å². The van der Waals surface area contributed by atoms with E-state index in [1.807, 2.05) is 24.4 Å². The number of pyridine rings is 1. The van der Waals surface area contributed by atoms with Crippen LogP contribution in [0.25, 0.3) is 10.9 Å². The van der Waals surface area contributed by atoms with Crippen LogP contribution in [-0.2, 0) is 11.3 Å². The van der Waals surface area contributed by atoms with E-state index in [0.29, 0.717) is 6.54 Å². The van der Waals surface area contributed by atoms with Crippen molar-refractivity contribution in [3.63, 3.8) is 0 Å². The number of rotatable bonds is 4. The van der Waals surface area contributed by atoms with Gasteiger partial charge in [-0.25, -0.2) is 0 Å².